The Hall–Kier alpha value is -3.48. The first-order valence-corrected chi connectivity index (χ1v) is 9.16. The summed E-state index contributed by atoms with van der Waals surface area (Å²) >= 11 is 0. The summed E-state index contributed by atoms with van der Waals surface area (Å²) in [4.78, 5) is 18.0. The molecule has 0 saturated carbocycles. The van der Waals surface area contributed by atoms with Crippen LogP contribution in [0.4, 0.5) is 23.1 Å². The smallest absolute Gasteiger partial charge is 0.249 e. The van der Waals surface area contributed by atoms with Crippen LogP contribution < -0.4 is 15.5 Å². The van der Waals surface area contributed by atoms with Crippen LogP contribution in [0.25, 0.3) is 0 Å². The zero-order chi connectivity index (χ0) is 19.9. The molecule has 0 fully saturated rings. The molecule has 0 unspecified atom stereocenters. The second-order valence-corrected chi connectivity index (χ2v) is 6.73. The lowest BCUT2D eigenvalue weighted by Crippen LogP contribution is -2.31. The second kappa shape index (κ2) is 8.94. The number of hydrogen-bond donors (Lipinski definition) is 2. The van der Waals surface area contributed by atoms with Crippen molar-refractivity contribution in [1.82, 2.24) is 15.2 Å². The largest absolute Gasteiger partial charge is 0.348 e. The molecular weight excluding hydrogens is 352 g/mol. The summed E-state index contributed by atoms with van der Waals surface area (Å²) in [5.74, 6) is 1.02. The van der Waals surface area contributed by atoms with E-state index in [1.165, 1.54) is 12.5 Å². The van der Waals surface area contributed by atoms with Gasteiger partial charge < -0.3 is 15.5 Å². The average molecular weight is 376 g/mol. The van der Waals surface area contributed by atoms with Crippen LogP contribution in [0, 0.1) is 0 Å². The summed E-state index contributed by atoms with van der Waals surface area (Å²) in [7, 11) is 0. The Morgan fingerprint density at radius 3 is 2.54 bits per heavy atom. The zero-order valence-corrected chi connectivity index (χ0v) is 16.3. The van der Waals surface area contributed by atoms with Gasteiger partial charge in [-0.1, -0.05) is 36.4 Å². The molecular formula is C21H24N6O. The fourth-order valence-electron chi connectivity index (χ4n) is 2.80. The van der Waals surface area contributed by atoms with Crippen LogP contribution in [0.15, 0.2) is 60.8 Å². The number of hydrogen-bond acceptors (Lipinski definition) is 6. The van der Waals surface area contributed by atoms with Gasteiger partial charge in [0.05, 0.1) is 6.20 Å². The van der Waals surface area contributed by atoms with Gasteiger partial charge in [0.2, 0.25) is 11.9 Å². The number of rotatable bonds is 7. The quantitative estimate of drug-likeness (QED) is 0.649. The van der Waals surface area contributed by atoms with E-state index in [0.29, 0.717) is 11.6 Å². The highest BCUT2D eigenvalue weighted by Crippen LogP contribution is 2.21. The molecule has 7 heteroatoms. The molecule has 7 nitrogen and oxygen atoms in total. The minimum absolute atomic E-state index is 0.120. The molecule has 144 valence electrons. The van der Waals surface area contributed by atoms with Crippen molar-refractivity contribution in [3.63, 3.8) is 0 Å². The maximum atomic E-state index is 11.2. The van der Waals surface area contributed by atoms with Crippen LogP contribution >= 0.6 is 0 Å². The Labute approximate surface area is 164 Å². The SMILES string of the molecule is CC(=O)Nc1cccc(Nc2nncc(N(Cc3ccccc3)C(C)C)n2)c1. The molecule has 3 rings (SSSR count). The van der Waals surface area contributed by atoms with Crippen molar-refractivity contribution < 1.29 is 4.79 Å². The lowest BCUT2D eigenvalue weighted by molar-refractivity contribution is -0.114. The highest BCUT2D eigenvalue weighted by molar-refractivity contribution is 5.89. The first kappa shape index (κ1) is 19.3. The maximum absolute atomic E-state index is 11.2. The lowest BCUT2D eigenvalue weighted by atomic mass is 10.2. The van der Waals surface area contributed by atoms with E-state index < -0.39 is 0 Å². The van der Waals surface area contributed by atoms with Gasteiger partial charge in [0, 0.05) is 30.9 Å². The van der Waals surface area contributed by atoms with Crippen LogP contribution in [0.3, 0.4) is 0 Å². The predicted molar refractivity (Wildman–Crippen MR) is 112 cm³/mol. The number of nitrogens with one attached hydrogen (secondary N) is 2. The van der Waals surface area contributed by atoms with E-state index in [-0.39, 0.29) is 11.9 Å². The Morgan fingerprint density at radius 2 is 1.82 bits per heavy atom. The van der Waals surface area contributed by atoms with Gasteiger partial charge in [-0.25, -0.2) is 0 Å². The Bertz CT molecular complexity index is 929. The number of anilines is 4. The maximum Gasteiger partial charge on any atom is 0.249 e. The van der Waals surface area contributed by atoms with Crippen LogP contribution in [-0.4, -0.2) is 27.1 Å². The molecule has 28 heavy (non-hydrogen) atoms. The average Bonchev–Trinajstić information content (AvgIpc) is 2.67. The molecule has 0 aliphatic carbocycles. The Kier molecular flexibility index (Phi) is 6.16. The van der Waals surface area contributed by atoms with Gasteiger partial charge in [-0.2, -0.15) is 10.1 Å². The highest BCUT2D eigenvalue weighted by Gasteiger charge is 2.14. The highest BCUT2D eigenvalue weighted by atomic mass is 16.1. The van der Waals surface area contributed by atoms with E-state index in [1.807, 2.05) is 42.5 Å². The van der Waals surface area contributed by atoms with Crippen molar-refractivity contribution in [2.75, 3.05) is 15.5 Å². The second-order valence-electron chi connectivity index (χ2n) is 6.73. The fraction of sp³-hybridized carbons (Fsp3) is 0.238. The first-order chi connectivity index (χ1) is 13.5. The lowest BCUT2D eigenvalue weighted by Gasteiger charge is -2.27. The normalized spacial score (nSPS) is 10.6. The molecule has 1 aromatic heterocycles. The molecule has 0 aliphatic rings. The third kappa shape index (κ3) is 5.26. The molecule has 0 bridgehead atoms. The summed E-state index contributed by atoms with van der Waals surface area (Å²) in [5, 5.41) is 14.1. The van der Waals surface area contributed by atoms with Gasteiger partial charge in [-0.15, -0.1) is 5.10 Å². The van der Waals surface area contributed by atoms with Gasteiger partial charge in [0.15, 0.2) is 5.82 Å². The van der Waals surface area contributed by atoms with Crippen LogP contribution in [0.2, 0.25) is 0 Å². The van der Waals surface area contributed by atoms with Gasteiger partial charge in [-0.3, -0.25) is 4.79 Å². The number of aromatic nitrogens is 3. The molecule has 1 amide bonds. The van der Waals surface area contributed by atoms with Crippen LogP contribution in [0.5, 0.6) is 0 Å². The molecule has 0 atom stereocenters. The molecule has 0 radical (unpaired) electrons. The van der Waals surface area contributed by atoms with Crippen molar-refractivity contribution in [3.05, 3.63) is 66.4 Å². The Morgan fingerprint density at radius 1 is 1.07 bits per heavy atom. The number of carbonyl (C=O) groups is 1. The van der Waals surface area contributed by atoms with Crippen molar-refractivity contribution in [2.24, 2.45) is 0 Å². The van der Waals surface area contributed by atoms with E-state index in [9.17, 15) is 4.79 Å². The summed E-state index contributed by atoms with van der Waals surface area (Å²) in [5.41, 5.74) is 2.67. The van der Waals surface area contributed by atoms with Gasteiger partial charge in [-0.05, 0) is 37.6 Å². The van der Waals surface area contributed by atoms with Crippen LogP contribution in [-0.2, 0) is 11.3 Å². The molecule has 2 aromatic carbocycles. The molecule has 0 saturated heterocycles. The van der Waals surface area contributed by atoms with E-state index >= 15 is 0 Å². The summed E-state index contributed by atoms with van der Waals surface area (Å²) < 4.78 is 0. The summed E-state index contributed by atoms with van der Waals surface area (Å²) in [6.07, 6.45) is 1.67. The summed E-state index contributed by atoms with van der Waals surface area (Å²) in [6.45, 7) is 6.45. The monoisotopic (exact) mass is 376 g/mol. The van der Waals surface area contributed by atoms with Gasteiger partial charge in [0.1, 0.15) is 0 Å². The fourth-order valence-corrected chi connectivity index (χ4v) is 2.80. The number of amides is 1. The van der Waals surface area contributed by atoms with Crippen molar-refractivity contribution in [3.8, 4) is 0 Å². The number of benzene rings is 2. The first-order valence-electron chi connectivity index (χ1n) is 9.16. The van der Waals surface area contributed by atoms with E-state index in [0.717, 1.165) is 18.1 Å². The minimum atomic E-state index is -0.120. The third-order valence-electron chi connectivity index (χ3n) is 4.10. The molecule has 0 spiro atoms. The standard InChI is InChI=1S/C21H24N6O/c1-15(2)27(14-17-8-5-4-6-9-17)20-13-22-26-21(25-20)24-19-11-7-10-18(12-19)23-16(3)28/h4-13,15H,14H2,1-3H3,(H,23,28)(H,24,25,26). The Balaban J connectivity index is 1.79. The predicted octanol–water partition coefficient (Wildman–Crippen LogP) is 3.99. The van der Waals surface area contributed by atoms with Crippen molar-refractivity contribution in [2.45, 2.75) is 33.4 Å². The van der Waals surface area contributed by atoms with Gasteiger partial charge >= 0.3 is 0 Å². The van der Waals surface area contributed by atoms with E-state index in [2.05, 4.69) is 56.7 Å². The molecule has 2 N–H and O–H groups in total. The minimum Gasteiger partial charge on any atom is -0.348 e. The molecule has 3 aromatic rings. The zero-order valence-electron chi connectivity index (χ0n) is 16.3. The number of nitrogens with zero attached hydrogens (tertiary/aromatic N) is 4. The summed E-state index contributed by atoms with van der Waals surface area (Å²) in [6, 6.07) is 17.9. The van der Waals surface area contributed by atoms with Gasteiger partial charge in [0.25, 0.3) is 0 Å². The topological polar surface area (TPSA) is 83.0 Å². The van der Waals surface area contributed by atoms with Crippen molar-refractivity contribution in [1.29, 1.82) is 0 Å². The molecule has 0 aliphatic heterocycles. The van der Waals surface area contributed by atoms with E-state index in [1.54, 1.807) is 6.20 Å². The third-order valence-corrected chi connectivity index (χ3v) is 4.10. The molecule has 1 heterocycles. The number of carbonyl (C=O) groups excluding carboxylic acids is 1. The van der Waals surface area contributed by atoms with Crippen LogP contribution in [0.1, 0.15) is 26.3 Å². The van der Waals surface area contributed by atoms with Crippen molar-refractivity contribution >= 4 is 29.0 Å². The van der Waals surface area contributed by atoms with E-state index in [4.69, 9.17) is 0 Å².